The van der Waals surface area contributed by atoms with Gasteiger partial charge in [0.25, 0.3) is 0 Å². The molecule has 126 valence electrons. The van der Waals surface area contributed by atoms with E-state index < -0.39 is 0 Å². The van der Waals surface area contributed by atoms with Crippen LogP contribution in [-0.2, 0) is 11.2 Å². The number of halogens is 1. The Morgan fingerprint density at radius 2 is 2.39 bits per heavy atom. The molecule has 0 radical (unpaired) electrons. The van der Waals surface area contributed by atoms with Gasteiger partial charge in [-0.25, -0.2) is 0 Å². The lowest BCUT2D eigenvalue weighted by molar-refractivity contribution is -0.131. The van der Waals surface area contributed by atoms with E-state index in [1.54, 1.807) is 11.3 Å². The van der Waals surface area contributed by atoms with Crippen LogP contribution in [0, 0.1) is 5.92 Å². The number of likely N-dealkylation sites (tertiary alicyclic amines) is 1. The number of carbonyl (C=O) groups is 1. The SMILES string of the molecule is CC1CC(CN)CN1C(=O)CCc1nc(-c2cccs2)no1.Cl. The number of nitrogens with two attached hydrogens (primary N) is 1. The molecule has 1 aliphatic rings. The van der Waals surface area contributed by atoms with Crippen molar-refractivity contribution in [2.75, 3.05) is 13.1 Å². The second-order valence-electron chi connectivity index (χ2n) is 5.72. The van der Waals surface area contributed by atoms with Crippen LogP contribution in [0.1, 0.15) is 25.7 Å². The average Bonchev–Trinajstić information content (AvgIpc) is 3.24. The number of carbonyl (C=O) groups excluding carboxylic acids is 1. The molecule has 0 aromatic carbocycles. The number of rotatable bonds is 5. The van der Waals surface area contributed by atoms with E-state index in [0.717, 1.165) is 17.8 Å². The van der Waals surface area contributed by atoms with Gasteiger partial charge < -0.3 is 15.2 Å². The average molecular weight is 357 g/mol. The van der Waals surface area contributed by atoms with Crippen LogP contribution in [0.2, 0.25) is 0 Å². The Hall–Kier alpha value is -1.44. The Balaban J connectivity index is 0.00000192. The van der Waals surface area contributed by atoms with Gasteiger partial charge in [-0.1, -0.05) is 11.2 Å². The Kier molecular flexibility index (Phi) is 6.15. The molecule has 2 unspecified atom stereocenters. The number of aromatic nitrogens is 2. The molecule has 3 heterocycles. The highest BCUT2D eigenvalue weighted by Gasteiger charge is 2.31. The second kappa shape index (κ2) is 7.90. The minimum Gasteiger partial charge on any atom is -0.340 e. The molecular formula is C15H21ClN4O2S. The van der Waals surface area contributed by atoms with Crippen LogP contribution in [0.25, 0.3) is 10.7 Å². The van der Waals surface area contributed by atoms with Crippen LogP contribution < -0.4 is 5.73 Å². The summed E-state index contributed by atoms with van der Waals surface area (Å²) in [5.41, 5.74) is 5.70. The second-order valence-corrected chi connectivity index (χ2v) is 6.67. The topological polar surface area (TPSA) is 85.2 Å². The smallest absolute Gasteiger partial charge is 0.227 e. The van der Waals surface area contributed by atoms with E-state index in [1.807, 2.05) is 22.4 Å². The lowest BCUT2D eigenvalue weighted by Crippen LogP contribution is -2.34. The summed E-state index contributed by atoms with van der Waals surface area (Å²) in [4.78, 5) is 19.6. The van der Waals surface area contributed by atoms with Crippen LogP contribution >= 0.6 is 23.7 Å². The minimum atomic E-state index is 0. The molecule has 1 fully saturated rings. The zero-order valence-electron chi connectivity index (χ0n) is 13.0. The van der Waals surface area contributed by atoms with Gasteiger partial charge in [0, 0.05) is 25.4 Å². The van der Waals surface area contributed by atoms with Crippen molar-refractivity contribution >= 4 is 29.7 Å². The lowest BCUT2D eigenvalue weighted by Gasteiger charge is -2.21. The summed E-state index contributed by atoms with van der Waals surface area (Å²) in [5, 5.41) is 5.93. The van der Waals surface area contributed by atoms with Gasteiger partial charge in [-0.3, -0.25) is 4.79 Å². The number of hydrogen-bond acceptors (Lipinski definition) is 6. The van der Waals surface area contributed by atoms with Crippen molar-refractivity contribution in [2.45, 2.75) is 32.2 Å². The number of amides is 1. The summed E-state index contributed by atoms with van der Waals surface area (Å²) in [5.74, 6) is 1.67. The van der Waals surface area contributed by atoms with Gasteiger partial charge >= 0.3 is 0 Å². The van der Waals surface area contributed by atoms with E-state index in [4.69, 9.17) is 10.3 Å². The normalized spacial score (nSPS) is 20.5. The molecule has 6 nitrogen and oxygen atoms in total. The predicted molar refractivity (Wildman–Crippen MR) is 91.5 cm³/mol. The summed E-state index contributed by atoms with van der Waals surface area (Å²) in [6, 6.07) is 4.16. The monoisotopic (exact) mass is 356 g/mol. The third-order valence-electron chi connectivity index (χ3n) is 4.08. The molecular weight excluding hydrogens is 336 g/mol. The van der Waals surface area contributed by atoms with Crippen molar-refractivity contribution in [1.82, 2.24) is 15.0 Å². The molecule has 0 saturated carbocycles. The van der Waals surface area contributed by atoms with E-state index >= 15 is 0 Å². The van der Waals surface area contributed by atoms with E-state index in [9.17, 15) is 4.79 Å². The lowest BCUT2D eigenvalue weighted by atomic mass is 10.1. The first-order valence-electron chi connectivity index (χ1n) is 7.53. The van der Waals surface area contributed by atoms with Crippen molar-refractivity contribution in [1.29, 1.82) is 0 Å². The fraction of sp³-hybridized carbons (Fsp3) is 0.533. The maximum atomic E-state index is 12.3. The molecule has 0 bridgehead atoms. The minimum absolute atomic E-state index is 0. The Morgan fingerprint density at radius 1 is 1.57 bits per heavy atom. The third kappa shape index (κ3) is 4.10. The van der Waals surface area contributed by atoms with Gasteiger partial charge in [-0.15, -0.1) is 23.7 Å². The first-order chi connectivity index (χ1) is 10.7. The molecule has 1 aliphatic heterocycles. The maximum Gasteiger partial charge on any atom is 0.227 e. The predicted octanol–water partition coefficient (Wildman–Crippen LogP) is 2.35. The molecule has 0 aliphatic carbocycles. The summed E-state index contributed by atoms with van der Waals surface area (Å²) in [6.07, 6.45) is 1.87. The Bertz CT molecular complexity index is 631. The van der Waals surface area contributed by atoms with E-state index in [-0.39, 0.29) is 24.4 Å². The van der Waals surface area contributed by atoms with Gasteiger partial charge in [-0.2, -0.15) is 4.98 Å². The molecule has 2 aromatic heterocycles. The molecule has 1 saturated heterocycles. The quantitative estimate of drug-likeness (QED) is 0.888. The third-order valence-corrected chi connectivity index (χ3v) is 4.94. The van der Waals surface area contributed by atoms with Crippen LogP contribution in [0.15, 0.2) is 22.0 Å². The van der Waals surface area contributed by atoms with Crippen molar-refractivity contribution in [3.63, 3.8) is 0 Å². The zero-order chi connectivity index (χ0) is 15.5. The van der Waals surface area contributed by atoms with Gasteiger partial charge in [0.2, 0.25) is 17.6 Å². The van der Waals surface area contributed by atoms with Gasteiger partial charge in [0.15, 0.2) is 0 Å². The van der Waals surface area contributed by atoms with Crippen LogP contribution in [0.5, 0.6) is 0 Å². The van der Waals surface area contributed by atoms with Crippen LogP contribution in [0.4, 0.5) is 0 Å². The van der Waals surface area contributed by atoms with Crippen LogP contribution in [-0.4, -0.2) is 40.1 Å². The highest BCUT2D eigenvalue weighted by molar-refractivity contribution is 7.13. The van der Waals surface area contributed by atoms with Gasteiger partial charge in [0.05, 0.1) is 4.88 Å². The van der Waals surface area contributed by atoms with Gasteiger partial charge in [0.1, 0.15) is 0 Å². The Morgan fingerprint density at radius 3 is 3.04 bits per heavy atom. The first kappa shape index (κ1) is 17.9. The summed E-state index contributed by atoms with van der Waals surface area (Å²) < 4.78 is 5.23. The first-order valence-corrected chi connectivity index (χ1v) is 8.41. The molecule has 2 N–H and O–H groups in total. The van der Waals surface area contributed by atoms with Gasteiger partial charge in [-0.05, 0) is 37.3 Å². The molecule has 0 spiro atoms. The van der Waals surface area contributed by atoms with Crippen LogP contribution in [0.3, 0.4) is 0 Å². The van der Waals surface area contributed by atoms with E-state index in [1.165, 1.54) is 0 Å². The summed E-state index contributed by atoms with van der Waals surface area (Å²) in [7, 11) is 0. The van der Waals surface area contributed by atoms with E-state index in [2.05, 4.69) is 17.1 Å². The largest absolute Gasteiger partial charge is 0.340 e. The van der Waals surface area contributed by atoms with Crippen molar-refractivity contribution in [3.8, 4) is 10.7 Å². The fourth-order valence-electron chi connectivity index (χ4n) is 2.88. The Labute approximate surface area is 145 Å². The van der Waals surface area contributed by atoms with Crippen molar-refractivity contribution in [3.05, 3.63) is 23.4 Å². The molecule has 1 amide bonds. The number of aryl methyl sites for hydroxylation is 1. The molecule has 8 heteroatoms. The fourth-order valence-corrected chi connectivity index (χ4v) is 3.53. The molecule has 2 atom stereocenters. The highest BCUT2D eigenvalue weighted by atomic mass is 35.5. The highest BCUT2D eigenvalue weighted by Crippen LogP contribution is 2.24. The molecule has 23 heavy (non-hydrogen) atoms. The molecule has 3 rings (SSSR count). The van der Waals surface area contributed by atoms with Crippen molar-refractivity contribution in [2.24, 2.45) is 11.7 Å². The standard InChI is InChI=1S/C15H20N4O2S.ClH/c1-10-7-11(8-16)9-19(10)14(20)5-4-13-17-15(18-21-13)12-3-2-6-22-12;/h2-3,6,10-11H,4-5,7-9,16H2,1H3;1H. The zero-order valence-corrected chi connectivity index (χ0v) is 14.6. The summed E-state index contributed by atoms with van der Waals surface area (Å²) >= 11 is 1.57. The maximum absolute atomic E-state index is 12.3. The van der Waals surface area contributed by atoms with Crippen molar-refractivity contribution < 1.29 is 9.32 Å². The number of hydrogen-bond donors (Lipinski definition) is 1. The number of thiophene rings is 1. The summed E-state index contributed by atoms with van der Waals surface area (Å²) in [6.45, 7) is 3.48. The van der Waals surface area contributed by atoms with E-state index in [0.29, 0.717) is 37.0 Å². The number of nitrogens with zero attached hydrogens (tertiary/aromatic N) is 3. The molecule has 2 aromatic rings.